The van der Waals surface area contributed by atoms with E-state index in [1.165, 1.54) is 22.5 Å². The maximum absolute atomic E-state index is 13.5. The lowest BCUT2D eigenvalue weighted by atomic mass is 9.95. The first-order valence-electron chi connectivity index (χ1n) is 12.2. The highest BCUT2D eigenvalue weighted by molar-refractivity contribution is 7.96. The molecule has 7 nitrogen and oxygen atoms in total. The Kier molecular flexibility index (Phi) is 8.18. The third-order valence-corrected chi connectivity index (χ3v) is 9.60. The van der Waals surface area contributed by atoms with E-state index in [1.54, 1.807) is 18.2 Å². The van der Waals surface area contributed by atoms with Crippen LogP contribution in [0.3, 0.4) is 0 Å². The van der Waals surface area contributed by atoms with Crippen LogP contribution in [0.15, 0.2) is 47.4 Å². The highest BCUT2D eigenvalue weighted by Gasteiger charge is 2.51. The van der Waals surface area contributed by atoms with Crippen LogP contribution < -0.4 is 4.90 Å². The van der Waals surface area contributed by atoms with Crippen molar-refractivity contribution in [3.8, 4) is 0 Å². The summed E-state index contributed by atoms with van der Waals surface area (Å²) < 4.78 is 74.0. The molecule has 1 N–H and O–H groups in total. The molecule has 1 aliphatic carbocycles. The SMILES string of the molecule is C[C@H]1CN(C[C@H]2CN(S(=O)(=O)C3=CC=CCC3=S)CCN2c2ccc([C@](C)(O)C(F)(F)F)cc2)CCO1. The predicted molar refractivity (Wildman–Crippen MR) is 140 cm³/mol. The molecule has 37 heavy (non-hydrogen) atoms. The lowest BCUT2D eigenvalue weighted by Crippen LogP contribution is -2.59. The smallest absolute Gasteiger partial charge is 0.376 e. The van der Waals surface area contributed by atoms with E-state index in [1.807, 2.05) is 17.9 Å². The number of benzene rings is 1. The Labute approximate surface area is 221 Å². The van der Waals surface area contributed by atoms with Gasteiger partial charge in [-0.2, -0.15) is 17.5 Å². The molecule has 0 radical (unpaired) electrons. The number of nitrogens with zero attached hydrogens (tertiary/aromatic N) is 3. The van der Waals surface area contributed by atoms with E-state index < -0.39 is 21.8 Å². The van der Waals surface area contributed by atoms with Crippen LogP contribution in [-0.2, 0) is 20.4 Å². The van der Waals surface area contributed by atoms with Gasteiger partial charge in [-0.1, -0.05) is 36.5 Å². The van der Waals surface area contributed by atoms with E-state index in [2.05, 4.69) is 4.90 Å². The second-order valence-electron chi connectivity index (χ2n) is 9.85. The number of morpholine rings is 1. The van der Waals surface area contributed by atoms with Crippen LogP contribution in [0.4, 0.5) is 18.9 Å². The normalized spacial score (nSPS) is 26.2. The largest absolute Gasteiger partial charge is 0.421 e. The molecule has 0 bridgehead atoms. The van der Waals surface area contributed by atoms with Gasteiger partial charge in [0.05, 0.1) is 23.7 Å². The second kappa shape index (κ2) is 10.7. The topological polar surface area (TPSA) is 73.3 Å². The molecule has 2 fully saturated rings. The number of alkyl halides is 3. The highest BCUT2D eigenvalue weighted by Crippen LogP contribution is 2.39. The molecule has 3 atom stereocenters. The third kappa shape index (κ3) is 5.94. The molecule has 2 aliphatic heterocycles. The van der Waals surface area contributed by atoms with Crippen LogP contribution in [0.1, 0.15) is 25.8 Å². The lowest BCUT2D eigenvalue weighted by molar-refractivity contribution is -0.258. The van der Waals surface area contributed by atoms with Gasteiger partial charge in [-0.15, -0.1) is 0 Å². The number of thiocarbonyl (C=S) groups is 1. The maximum atomic E-state index is 13.5. The highest BCUT2D eigenvalue weighted by atomic mass is 32.2. The van der Waals surface area contributed by atoms with Gasteiger partial charge in [0, 0.05) is 56.2 Å². The number of piperazine rings is 1. The van der Waals surface area contributed by atoms with Crippen molar-refractivity contribution in [2.24, 2.45) is 0 Å². The third-order valence-electron chi connectivity index (χ3n) is 7.13. The monoisotopic (exact) mass is 559 g/mol. The van der Waals surface area contributed by atoms with E-state index in [0.717, 1.165) is 6.92 Å². The van der Waals surface area contributed by atoms with Crippen LogP contribution in [0.2, 0.25) is 0 Å². The zero-order chi connectivity index (χ0) is 27.0. The van der Waals surface area contributed by atoms with Gasteiger partial charge in [0.2, 0.25) is 10.0 Å². The Morgan fingerprint density at radius 1 is 1.14 bits per heavy atom. The van der Waals surface area contributed by atoms with Crippen molar-refractivity contribution in [3.05, 3.63) is 53.0 Å². The molecule has 2 heterocycles. The molecule has 2 saturated heterocycles. The molecule has 4 rings (SSSR count). The molecule has 1 aromatic carbocycles. The van der Waals surface area contributed by atoms with Crippen LogP contribution in [0.5, 0.6) is 0 Å². The van der Waals surface area contributed by atoms with Gasteiger partial charge in [0.15, 0.2) is 5.60 Å². The van der Waals surface area contributed by atoms with Gasteiger partial charge in [0.25, 0.3) is 0 Å². The summed E-state index contributed by atoms with van der Waals surface area (Å²) >= 11 is 5.33. The molecule has 0 unspecified atom stereocenters. The van der Waals surface area contributed by atoms with Gasteiger partial charge in [-0.05, 0) is 37.6 Å². The first-order valence-corrected chi connectivity index (χ1v) is 14.1. The molecule has 3 aliphatic rings. The molecule has 0 saturated carbocycles. The van der Waals surface area contributed by atoms with E-state index >= 15 is 0 Å². The number of ether oxygens (including phenoxy) is 1. The number of anilines is 1. The average Bonchev–Trinajstić information content (AvgIpc) is 2.83. The Balaban J connectivity index is 1.60. The summed E-state index contributed by atoms with van der Waals surface area (Å²) in [4.78, 5) is 4.79. The zero-order valence-corrected chi connectivity index (χ0v) is 22.4. The molecule has 12 heteroatoms. The van der Waals surface area contributed by atoms with Crippen molar-refractivity contribution >= 4 is 32.8 Å². The summed E-state index contributed by atoms with van der Waals surface area (Å²) in [6, 6.07) is 5.40. The second-order valence-corrected chi connectivity index (χ2v) is 12.3. The van der Waals surface area contributed by atoms with Crippen molar-refractivity contribution in [2.45, 2.75) is 44.2 Å². The fourth-order valence-electron chi connectivity index (χ4n) is 4.93. The molecule has 0 aromatic heterocycles. The standard InChI is InChI=1S/C25H32F3N3O4S2/c1-18-15-29(13-14-35-18)16-21-17-30(37(33,34)23-6-4-3-5-22(23)36)11-12-31(21)20-9-7-19(8-10-20)24(2,32)25(26,27)28/h3-4,6-10,18,21,32H,5,11-17H2,1-2H3/t18-,21-,24-/m0/s1. The first-order chi connectivity index (χ1) is 17.3. The molecule has 204 valence electrons. The summed E-state index contributed by atoms with van der Waals surface area (Å²) in [6.45, 7) is 6.03. The van der Waals surface area contributed by atoms with Gasteiger partial charge in [0.1, 0.15) is 0 Å². The summed E-state index contributed by atoms with van der Waals surface area (Å²) in [5.74, 6) is 0. The number of aliphatic hydroxyl groups is 1. The van der Waals surface area contributed by atoms with E-state index in [9.17, 15) is 26.7 Å². The molecule has 0 amide bonds. The van der Waals surface area contributed by atoms with Crippen molar-refractivity contribution in [3.63, 3.8) is 0 Å². The molecular formula is C25H32F3N3O4S2. The van der Waals surface area contributed by atoms with Gasteiger partial charge >= 0.3 is 6.18 Å². The first kappa shape index (κ1) is 28.2. The lowest BCUT2D eigenvalue weighted by Gasteiger charge is -2.45. The molecule has 1 aromatic rings. The number of hydrogen-bond acceptors (Lipinski definition) is 7. The Bertz CT molecular complexity index is 1170. The quantitative estimate of drug-likeness (QED) is 0.537. The van der Waals surface area contributed by atoms with Crippen LogP contribution >= 0.6 is 12.2 Å². The van der Waals surface area contributed by atoms with Gasteiger partial charge in [-0.3, -0.25) is 4.90 Å². The number of hydrogen-bond donors (Lipinski definition) is 1. The molecular weight excluding hydrogens is 527 g/mol. The summed E-state index contributed by atoms with van der Waals surface area (Å²) in [5.41, 5.74) is -2.56. The van der Waals surface area contributed by atoms with Crippen LogP contribution in [0, 0.1) is 0 Å². The number of rotatable bonds is 6. The summed E-state index contributed by atoms with van der Waals surface area (Å²) in [7, 11) is -3.79. The van der Waals surface area contributed by atoms with Crippen LogP contribution in [0.25, 0.3) is 0 Å². The van der Waals surface area contributed by atoms with E-state index in [0.29, 0.717) is 49.8 Å². The average molecular weight is 560 g/mol. The number of sulfonamides is 1. The number of halogens is 3. The fourth-order valence-corrected chi connectivity index (χ4v) is 7.00. The van der Waals surface area contributed by atoms with Crippen molar-refractivity contribution in [1.82, 2.24) is 9.21 Å². The van der Waals surface area contributed by atoms with Gasteiger partial charge < -0.3 is 14.7 Å². The Hall–Kier alpha value is -1.83. The van der Waals surface area contributed by atoms with E-state index in [-0.39, 0.29) is 35.7 Å². The minimum absolute atomic E-state index is 0.0473. The van der Waals surface area contributed by atoms with Crippen LogP contribution in [-0.4, -0.2) is 91.8 Å². The van der Waals surface area contributed by atoms with Crippen molar-refractivity contribution in [1.29, 1.82) is 0 Å². The number of allylic oxidation sites excluding steroid dienone is 4. The Morgan fingerprint density at radius 2 is 1.84 bits per heavy atom. The summed E-state index contributed by atoms with van der Waals surface area (Å²) in [5, 5.41) is 10.0. The predicted octanol–water partition coefficient (Wildman–Crippen LogP) is 3.21. The minimum atomic E-state index is -4.81. The maximum Gasteiger partial charge on any atom is 0.421 e. The summed E-state index contributed by atoms with van der Waals surface area (Å²) in [6.07, 6.45) is 0.699. The van der Waals surface area contributed by atoms with Crippen molar-refractivity contribution < 1.29 is 31.4 Å². The zero-order valence-electron chi connectivity index (χ0n) is 20.8. The minimum Gasteiger partial charge on any atom is -0.376 e. The van der Waals surface area contributed by atoms with Crippen molar-refractivity contribution in [2.75, 3.05) is 50.8 Å². The fraction of sp³-hybridized carbons (Fsp3) is 0.560. The molecule has 0 spiro atoms. The van der Waals surface area contributed by atoms with E-state index in [4.69, 9.17) is 17.0 Å². The Morgan fingerprint density at radius 3 is 2.46 bits per heavy atom. The van der Waals surface area contributed by atoms with Gasteiger partial charge in [-0.25, -0.2) is 8.42 Å².